The summed E-state index contributed by atoms with van der Waals surface area (Å²) < 4.78 is 0. The Morgan fingerprint density at radius 2 is 1.91 bits per heavy atom. The van der Waals surface area contributed by atoms with Gasteiger partial charge >= 0.3 is 0 Å². The molecule has 0 spiro atoms. The molecule has 1 saturated heterocycles. The lowest BCUT2D eigenvalue weighted by molar-refractivity contribution is -0.129. The van der Waals surface area contributed by atoms with Crippen molar-refractivity contribution < 1.29 is 9.59 Å². The van der Waals surface area contributed by atoms with Crippen LogP contribution in [0.3, 0.4) is 0 Å². The van der Waals surface area contributed by atoms with E-state index in [2.05, 4.69) is 12.2 Å². The molecule has 1 aliphatic heterocycles. The van der Waals surface area contributed by atoms with Crippen molar-refractivity contribution in [1.82, 2.24) is 4.90 Å². The van der Waals surface area contributed by atoms with E-state index in [1.54, 1.807) is 0 Å². The quantitative estimate of drug-likeness (QED) is 0.929. The van der Waals surface area contributed by atoms with Crippen LogP contribution in [0.2, 0.25) is 0 Å². The Morgan fingerprint density at radius 1 is 1.23 bits per heavy atom. The SMILES string of the molecule is CCc1ccc(NC(=O)[C@@H]2CC(=O)N(C3CCCC3)C2)cc1. The molecule has 0 radical (unpaired) electrons. The van der Waals surface area contributed by atoms with Crippen molar-refractivity contribution in [3.63, 3.8) is 0 Å². The summed E-state index contributed by atoms with van der Waals surface area (Å²) in [5, 5.41) is 2.95. The lowest BCUT2D eigenvalue weighted by Gasteiger charge is -2.23. The Kier molecular flexibility index (Phi) is 4.46. The first-order valence-corrected chi connectivity index (χ1v) is 8.36. The van der Waals surface area contributed by atoms with Crippen molar-refractivity contribution >= 4 is 17.5 Å². The second kappa shape index (κ2) is 6.51. The Labute approximate surface area is 131 Å². The predicted molar refractivity (Wildman–Crippen MR) is 86.5 cm³/mol. The van der Waals surface area contributed by atoms with Crippen molar-refractivity contribution in [1.29, 1.82) is 0 Å². The summed E-state index contributed by atoms with van der Waals surface area (Å²) >= 11 is 0. The third kappa shape index (κ3) is 3.16. The number of likely N-dealkylation sites (tertiary alicyclic amines) is 1. The molecule has 1 aromatic rings. The van der Waals surface area contributed by atoms with Crippen LogP contribution in [0.5, 0.6) is 0 Å². The standard InChI is InChI=1S/C18H24N2O2/c1-2-13-7-9-15(10-8-13)19-18(22)14-11-17(21)20(12-14)16-5-3-4-6-16/h7-10,14,16H,2-6,11-12H2,1H3,(H,19,22)/t14-/m1/s1. The monoisotopic (exact) mass is 300 g/mol. The second-order valence-corrected chi connectivity index (χ2v) is 6.43. The normalized spacial score (nSPS) is 22.3. The van der Waals surface area contributed by atoms with Crippen LogP contribution in [0.4, 0.5) is 5.69 Å². The van der Waals surface area contributed by atoms with Crippen molar-refractivity contribution in [3.8, 4) is 0 Å². The molecule has 2 amide bonds. The van der Waals surface area contributed by atoms with Crippen LogP contribution in [-0.4, -0.2) is 29.3 Å². The van der Waals surface area contributed by atoms with E-state index < -0.39 is 0 Å². The molecule has 4 nitrogen and oxygen atoms in total. The molecule has 0 aromatic heterocycles. The lowest BCUT2D eigenvalue weighted by Crippen LogP contribution is -2.35. The average molecular weight is 300 g/mol. The number of rotatable bonds is 4. The van der Waals surface area contributed by atoms with Gasteiger partial charge in [-0.3, -0.25) is 9.59 Å². The zero-order valence-corrected chi connectivity index (χ0v) is 13.2. The minimum atomic E-state index is -0.209. The van der Waals surface area contributed by atoms with Crippen molar-refractivity contribution in [2.24, 2.45) is 5.92 Å². The number of nitrogens with zero attached hydrogens (tertiary/aromatic N) is 1. The number of carbonyl (C=O) groups is 2. The molecule has 3 rings (SSSR count). The molecule has 1 saturated carbocycles. The number of hydrogen-bond acceptors (Lipinski definition) is 2. The minimum Gasteiger partial charge on any atom is -0.339 e. The van der Waals surface area contributed by atoms with Gasteiger partial charge in [-0.2, -0.15) is 0 Å². The third-order valence-electron chi connectivity index (χ3n) is 4.92. The summed E-state index contributed by atoms with van der Waals surface area (Å²) in [6.45, 7) is 2.69. The van der Waals surface area contributed by atoms with E-state index in [-0.39, 0.29) is 17.7 Å². The molecule has 0 unspecified atom stereocenters. The molecule has 4 heteroatoms. The van der Waals surface area contributed by atoms with E-state index in [4.69, 9.17) is 0 Å². The van der Waals surface area contributed by atoms with Crippen LogP contribution in [0.25, 0.3) is 0 Å². The first-order chi connectivity index (χ1) is 10.7. The van der Waals surface area contributed by atoms with E-state index >= 15 is 0 Å². The van der Waals surface area contributed by atoms with Crippen LogP contribution < -0.4 is 5.32 Å². The fraction of sp³-hybridized carbons (Fsp3) is 0.556. The van der Waals surface area contributed by atoms with Gasteiger partial charge in [-0.15, -0.1) is 0 Å². The molecule has 22 heavy (non-hydrogen) atoms. The molecule has 2 fully saturated rings. The zero-order chi connectivity index (χ0) is 15.5. The van der Waals surface area contributed by atoms with Gasteiger partial charge < -0.3 is 10.2 Å². The number of carbonyl (C=O) groups excluding carboxylic acids is 2. The maximum absolute atomic E-state index is 12.4. The van der Waals surface area contributed by atoms with E-state index in [1.807, 2.05) is 29.2 Å². The Bertz CT molecular complexity index is 547. The summed E-state index contributed by atoms with van der Waals surface area (Å²) in [6, 6.07) is 8.29. The highest BCUT2D eigenvalue weighted by Crippen LogP contribution is 2.30. The van der Waals surface area contributed by atoms with Gasteiger partial charge in [0.05, 0.1) is 5.92 Å². The summed E-state index contributed by atoms with van der Waals surface area (Å²) in [4.78, 5) is 26.5. The largest absolute Gasteiger partial charge is 0.339 e. The van der Waals surface area contributed by atoms with Crippen molar-refractivity contribution in [2.75, 3.05) is 11.9 Å². The van der Waals surface area contributed by atoms with Crippen molar-refractivity contribution in [3.05, 3.63) is 29.8 Å². The first kappa shape index (κ1) is 15.1. The fourth-order valence-corrected chi connectivity index (χ4v) is 3.54. The molecule has 2 aliphatic rings. The highest BCUT2D eigenvalue weighted by Gasteiger charge is 2.38. The molecule has 1 N–H and O–H groups in total. The number of benzene rings is 1. The summed E-state index contributed by atoms with van der Waals surface area (Å²) in [5.41, 5.74) is 2.07. The van der Waals surface area contributed by atoms with Crippen molar-refractivity contribution in [2.45, 2.75) is 51.5 Å². The molecule has 118 valence electrons. The first-order valence-electron chi connectivity index (χ1n) is 8.36. The van der Waals surface area contributed by atoms with E-state index in [1.165, 1.54) is 18.4 Å². The maximum Gasteiger partial charge on any atom is 0.229 e. The summed E-state index contributed by atoms with van der Waals surface area (Å²) in [7, 11) is 0. The lowest BCUT2D eigenvalue weighted by atomic mass is 10.1. The minimum absolute atomic E-state index is 0.0295. The Balaban J connectivity index is 1.59. The number of nitrogens with one attached hydrogen (secondary N) is 1. The van der Waals surface area contributed by atoms with Crippen LogP contribution in [-0.2, 0) is 16.0 Å². The second-order valence-electron chi connectivity index (χ2n) is 6.43. The van der Waals surface area contributed by atoms with Gasteiger partial charge in [-0.05, 0) is 37.0 Å². The number of hydrogen-bond donors (Lipinski definition) is 1. The van der Waals surface area contributed by atoms with Gasteiger partial charge in [0.15, 0.2) is 0 Å². The third-order valence-corrected chi connectivity index (χ3v) is 4.92. The molecule has 1 aromatic carbocycles. The topological polar surface area (TPSA) is 49.4 Å². The average Bonchev–Trinajstić information content (AvgIpc) is 3.17. The molecular weight excluding hydrogens is 276 g/mol. The number of anilines is 1. The van der Waals surface area contributed by atoms with E-state index in [9.17, 15) is 9.59 Å². The van der Waals surface area contributed by atoms with E-state index in [0.717, 1.165) is 24.9 Å². The smallest absolute Gasteiger partial charge is 0.229 e. The number of amides is 2. The molecule has 0 bridgehead atoms. The van der Waals surface area contributed by atoms with E-state index in [0.29, 0.717) is 19.0 Å². The van der Waals surface area contributed by atoms with Gasteiger partial charge in [0.2, 0.25) is 11.8 Å². The van der Waals surface area contributed by atoms with Gasteiger partial charge in [0.1, 0.15) is 0 Å². The van der Waals surface area contributed by atoms with Gasteiger partial charge in [0.25, 0.3) is 0 Å². The molecule has 1 atom stereocenters. The highest BCUT2D eigenvalue weighted by molar-refractivity contribution is 5.97. The Hall–Kier alpha value is -1.84. The van der Waals surface area contributed by atoms with Crippen LogP contribution in [0.15, 0.2) is 24.3 Å². The summed E-state index contributed by atoms with van der Waals surface area (Å²) in [6.07, 6.45) is 5.94. The van der Waals surface area contributed by atoms with Crippen LogP contribution in [0.1, 0.15) is 44.6 Å². The number of aryl methyl sites for hydroxylation is 1. The zero-order valence-electron chi connectivity index (χ0n) is 13.2. The molecule has 1 aliphatic carbocycles. The van der Waals surface area contributed by atoms with Crippen LogP contribution in [0, 0.1) is 5.92 Å². The van der Waals surface area contributed by atoms with Gasteiger partial charge in [-0.25, -0.2) is 0 Å². The highest BCUT2D eigenvalue weighted by atomic mass is 16.2. The maximum atomic E-state index is 12.4. The van der Waals surface area contributed by atoms with Gasteiger partial charge in [-0.1, -0.05) is 31.9 Å². The van der Waals surface area contributed by atoms with Crippen LogP contribution >= 0.6 is 0 Å². The summed E-state index contributed by atoms with van der Waals surface area (Å²) in [5.74, 6) is -0.0922. The predicted octanol–water partition coefficient (Wildman–Crippen LogP) is 2.98. The molecular formula is C18H24N2O2. The fourth-order valence-electron chi connectivity index (χ4n) is 3.54. The van der Waals surface area contributed by atoms with Gasteiger partial charge in [0, 0.05) is 24.7 Å². The Morgan fingerprint density at radius 3 is 2.55 bits per heavy atom. The molecule has 1 heterocycles.